The minimum Gasteiger partial charge on any atom is -0.315 e. The van der Waals surface area contributed by atoms with Gasteiger partial charge >= 0.3 is 6.03 Å². The quantitative estimate of drug-likeness (QED) is 0.633. The van der Waals surface area contributed by atoms with Gasteiger partial charge in [-0.3, -0.25) is 0 Å². The topological polar surface area (TPSA) is 64.9 Å². The molecule has 0 aliphatic carbocycles. The summed E-state index contributed by atoms with van der Waals surface area (Å²) in [6.45, 7) is 1.99. The van der Waals surface area contributed by atoms with Gasteiger partial charge in [0.15, 0.2) is 0 Å². The molecule has 0 aliphatic rings. The summed E-state index contributed by atoms with van der Waals surface area (Å²) in [4.78, 5) is 12.2. The summed E-state index contributed by atoms with van der Waals surface area (Å²) in [6.07, 6.45) is 4.34. The van der Waals surface area contributed by atoms with Crippen LogP contribution in [0.2, 0.25) is 0 Å². The van der Waals surface area contributed by atoms with Crippen molar-refractivity contribution in [1.29, 1.82) is 5.26 Å². The first-order chi connectivity index (χ1) is 8.26. The normalized spacial score (nSPS) is 9.88. The van der Waals surface area contributed by atoms with Crippen LogP contribution in [0.3, 0.4) is 0 Å². The third-order valence-electron chi connectivity index (χ3n) is 1.84. The molecule has 0 spiro atoms. The van der Waals surface area contributed by atoms with Gasteiger partial charge in [-0.15, -0.1) is 0 Å². The number of thiocyanates is 1. The number of nitrogens with one attached hydrogen (secondary N) is 2. The van der Waals surface area contributed by atoms with Gasteiger partial charge in [-0.1, -0.05) is 13.0 Å². The van der Waals surface area contributed by atoms with Crippen molar-refractivity contribution in [3.63, 3.8) is 0 Å². The number of hydrogen-bond donors (Lipinski definition) is 2. The zero-order valence-electron chi connectivity index (χ0n) is 9.43. The number of rotatable bonds is 4. The number of amides is 2. The predicted molar refractivity (Wildman–Crippen MR) is 69.5 cm³/mol. The number of urea groups is 1. The highest BCUT2D eigenvalue weighted by Crippen LogP contribution is 2.18. The number of anilines is 1. The Bertz CT molecular complexity index is 434. The second-order valence-electron chi connectivity index (χ2n) is 3.13. The van der Waals surface area contributed by atoms with Crippen molar-refractivity contribution in [3.05, 3.63) is 36.5 Å². The van der Waals surface area contributed by atoms with Gasteiger partial charge in [0.1, 0.15) is 5.40 Å². The van der Waals surface area contributed by atoms with E-state index in [2.05, 4.69) is 10.6 Å². The first-order valence-electron chi connectivity index (χ1n) is 5.14. The van der Waals surface area contributed by atoms with Gasteiger partial charge in [0.25, 0.3) is 0 Å². The van der Waals surface area contributed by atoms with Crippen LogP contribution in [0.4, 0.5) is 10.5 Å². The van der Waals surface area contributed by atoms with E-state index in [-0.39, 0.29) is 6.03 Å². The fourth-order valence-corrected chi connectivity index (χ4v) is 1.46. The van der Waals surface area contributed by atoms with Crippen LogP contribution in [0.1, 0.15) is 13.3 Å². The standard InChI is InChI=1S/C12H13N3OS/c1-2-3-8-14-12(16)15-10-4-6-11(7-5-10)17-9-13/h3-8H,2H2,1H3,(H2,14,15,16)/b8-3+. The molecule has 4 nitrogen and oxygen atoms in total. The molecule has 2 amide bonds. The molecule has 2 N–H and O–H groups in total. The third-order valence-corrected chi connectivity index (χ3v) is 2.44. The molecule has 0 radical (unpaired) electrons. The minimum absolute atomic E-state index is 0.282. The van der Waals surface area contributed by atoms with Crippen LogP contribution in [-0.2, 0) is 0 Å². The molecular formula is C12H13N3OS. The Labute approximate surface area is 105 Å². The molecule has 0 aromatic heterocycles. The maximum Gasteiger partial charge on any atom is 0.323 e. The smallest absolute Gasteiger partial charge is 0.315 e. The lowest BCUT2D eigenvalue weighted by molar-refractivity contribution is 0.255. The van der Waals surface area contributed by atoms with E-state index in [0.717, 1.165) is 23.1 Å². The maximum absolute atomic E-state index is 11.4. The average Bonchev–Trinajstić information content (AvgIpc) is 2.32. The molecule has 0 saturated carbocycles. The summed E-state index contributed by atoms with van der Waals surface area (Å²) >= 11 is 1.09. The lowest BCUT2D eigenvalue weighted by atomic mass is 10.3. The van der Waals surface area contributed by atoms with Crippen molar-refractivity contribution in [3.8, 4) is 5.40 Å². The SMILES string of the molecule is CC/C=C/NC(=O)Nc1ccc(SC#N)cc1. The summed E-state index contributed by atoms with van der Waals surface area (Å²) < 4.78 is 0. The summed E-state index contributed by atoms with van der Waals surface area (Å²) in [7, 11) is 0. The molecule has 1 aromatic carbocycles. The number of nitriles is 1. The first-order valence-corrected chi connectivity index (χ1v) is 5.96. The van der Waals surface area contributed by atoms with E-state index in [1.807, 2.05) is 18.4 Å². The van der Waals surface area contributed by atoms with Crippen LogP contribution in [0, 0.1) is 10.7 Å². The number of carbonyl (C=O) groups is 1. The second kappa shape index (κ2) is 7.36. The van der Waals surface area contributed by atoms with Gasteiger partial charge in [-0.2, -0.15) is 5.26 Å². The monoisotopic (exact) mass is 247 g/mol. The zero-order chi connectivity index (χ0) is 12.5. The molecule has 0 atom stereocenters. The Morgan fingerprint density at radius 1 is 1.47 bits per heavy atom. The summed E-state index contributed by atoms with van der Waals surface area (Å²) in [5.41, 5.74) is 0.690. The molecule has 0 saturated heterocycles. The fourth-order valence-electron chi connectivity index (χ4n) is 1.08. The van der Waals surface area contributed by atoms with E-state index >= 15 is 0 Å². The number of carbonyl (C=O) groups excluding carboxylic acids is 1. The van der Waals surface area contributed by atoms with Crippen LogP contribution in [0.15, 0.2) is 41.4 Å². The van der Waals surface area contributed by atoms with Crippen LogP contribution >= 0.6 is 11.8 Å². The number of benzene rings is 1. The Morgan fingerprint density at radius 3 is 2.76 bits per heavy atom. The van der Waals surface area contributed by atoms with E-state index in [0.29, 0.717) is 5.69 Å². The Kier molecular flexibility index (Phi) is 5.69. The molecule has 5 heteroatoms. The molecule has 0 fully saturated rings. The molecule has 0 unspecified atom stereocenters. The molecule has 1 aromatic rings. The molecule has 0 aliphatic heterocycles. The van der Waals surface area contributed by atoms with Gasteiger partial charge in [-0.25, -0.2) is 4.79 Å². The van der Waals surface area contributed by atoms with Crippen molar-refractivity contribution in [2.75, 3.05) is 5.32 Å². The molecule has 88 valence electrons. The van der Waals surface area contributed by atoms with Crippen LogP contribution < -0.4 is 10.6 Å². The average molecular weight is 247 g/mol. The van der Waals surface area contributed by atoms with Gasteiger partial charge in [0.2, 0.25) is 0 Å². The van der Waals surface area contributed by atoms with Crippen molar-refractivity contribution in [2.45, 2.75) is 18.2 Å². The van der Waals surface area contributed by atoms with Gasteiger partial charge in [0.05, 0.1) is 0 Å². The van der Waals surface area contributed by atoms with Crippen LogP contribution in [0.25, 0.3) is 0 Å². The van der Waals surface area contributed by atoms with E-state index in [9.17, 15) is 4.79 Å². The van der Waals surface area contributed by atoms with Gasteiger partial charge < -0.3 is 10.6 Å². The van der Waals surface area contributed by atoms with E-state index in [1.54, 1.807) is 30.5 Å². The molecule has 17 heavy (non-hydrogen) atoms. The fraction of sp³-hybridized carbons (Fsp3) is 0.167. The van der Waals surface area contributed by atoms with Crippen molar-refractivity contribution < 1.29 is 4.79 Å². The van der Waals surface area contributed by atoms with Gasteiger partial charge in [-0.05, 0) is 42.4 Å². The van der Waals surface area contributed by atoms with Crippen molar-refractivity contribution in [1.82, 2.24) is 5.32 Å². The largest absolute Gasteiger partial charge is 0.323 e. The van der Waals surface area contributed by atoms with E-state index < -0.39 is 0 Å². The summed E-state index contributed by atoms with van der Waals surface area (Å²) in [5.74, 6) is 0. The molecule has 0 heterocycles. The number of allylic oxidation sites excluding steroid dienone is 1. The minimum atomic E-state index is -0.282. The van der Waals surface area contributed by atoms with Crippen molar-refractivity contribution in [2.24, 2.45) is 0 Å². The highest BCUT2D eigenvalue weighted by molar-refractivity contribution is 8.03. The number of hydrogen-bond acceptors (Lipinski definition) is 3. The highest BCUT2D eigenvalue weighted by atomic mass is 32.2. The second-order valence-corrected chi connectivity index (χ2v) is 3.98. The predicted octanol–water partition coefficient (Wildman–Crippen LogP) is 3.30. The Balaban J connectivity index is 2.49. The van der Waals surface area contributed by atoms with Gasteiger partial charge in [0, 0.05) is 16.8 Å². The lowest BCUT2D eigenvalue weighted by Crippen LogP contribution is -2.23. The molecular weight excluding hydrogens is 234 g/mol. The summed E-state index contributed by atoms with van der Waals surface area (Å²) in [5, 5.41) is 15.7. The Morgan fingerprint density at radius 2 is 2.18 bits per heavy atom. The number of thioether (sulfide) groups is 1. The highest BCUT2D eigenvalue weighted by Gasteiger charge is 1.99. The maximum atomic E-state index is 11.4. The van der Waals surface area contributed by atoms with E-state index in [4.69, 9.17) is 5.26 Å². The van der Waals surface area contributed by atoms with Crippen LogP contribution in [-0.4, -0.2) is 6.03 Å². The zero-order valence-corrected chi connectivity index (χ0v) is 10.3. The number of nitrogens with zero attached hydrogens (tertiary/aromatic N) is 1. The van der Waals surface area contributed by atoms with E-state index in [1.165, 1.54) is 0 Å². The van der Waals surface area contributed by atoms with Crippen molar-refractivity contribution >= 4 is 23.5 Å². The third kappa shape index (κ3) is 5.09. The summed E-state index contributed by atoms with van der Waals surface area (Å²) in [6, 6.07) is 6.79. The lowest BCUT2D eigenvalue weighted by Gasteiger charge is -2.04. The molecule has 1 rings (SSSR count). The first kappa shape index (κ1) is 13.1. The Hall–Kier alpha value is -1.93. The molecule has 0 bridgehead atoms. The van der Waals surface area contributed by atoms with Crippen LogP contribution in [0.5, 0.6) is 0 Å².